The number of nitrogen functional groups attached to an aromatic ring is 1. The third kappa shape index (κ3) is 4.15. The van der Waals surface area contributed by atoms with Gasteiger partial charge in [0.15, 0.2) is 5.69 Å². The summed E-state index contributed by atoms with van der Waals surface area (Å²) in [5.41, 5.74) is 4.80. The second-order valence-electron chi connectivity index (χ2n) is 6.66. The summed E-state index contributed by atoms with van der Waals surface area (Å²) in [5, 5.41) is 4.10. The number of furan rings is 1. The monoisotopic (exact) mass is 400 g/mol. The predicted octanol–water partition coefficient (Wildman–Crippen LogP) is 1.50. The Hall–Kier alpha value is -3.56. The molecule has 10 nitrogen and oxygen atoms in total. The molecule has 3 rings (SSSR count). The second kappa shape index (κ2) is 8.63. The molecule has 3 heterocycles. The van der Waals surface area contributed by atoms with E-state index < -0.39 is 23.2 Å². The summed E-state index contributed by atoms with van der Waals surface area (Å²) < 4.78 is 8.13. The van der Waals surface area contributed by atoms with Gasteiger partial charge < -0.3 is 10.2 Å². The highest BCUT2D eigenvalue weighted by Gasteiger charge is 2.29. The van der Waals surface area contributed by atoms with Crippen molar-refractivity contribution < 1.29 is 9.21 Å². The van der Waals surface area contributed by atoms with Crippen LogP contribution in [-0.2, 0) is 17.9 Å². The number of hydrogen-bond acceptors (Lipinski definition) is 6. The average Bonchev–Trinajstić information content (AvgIpc) is 3.39. The van der Waals surface area contributed by atoms with Crippen molar-refractivity contribution in [2.24, 2.45) is 0 Å². The molecule has 0 saturated carbocycles. The number of aromatic nitrogens is 4. The first-order chi connectivity index (χ1) is 13.9. The molecule has 0 bridgehead atoms. The molecule has 3 aromatic rings. The summed E-state index contributed by atoms with van der Waals surface area (Å²) in [7, 11) is 0. The van der Waals surface area contributed by atoms with Gasteiger partial charge in [-0.2, -0.15) is 5.10 Å². The predicted molar refractivity (Wildman–Crippen MR) is 107 cm³/mol. The van der Waals surface area contributed by atoms with Crippen LogP contribution in [0.4, 0.5) is 11.5 Å². The van der Waals surface area contributed by atoms with E-state index in [4.69, 9.17) is 10.2 Å². The van der Waals surface area contributed by atoms with E-state index in [9.17, 15) is 14.4 Å². The largest absolute Gasteiger partial charge is 0.467 e. The molecule has 3 aromatic heterocycles. The summed E-state index contributed by atoms with van der Waals surface area (Å²) in [5.74, 6) is -0.00103. The van der Waals surface area contributed by atoms with Gasteiger partial charge in [-0.25, -0.2) is 4.79 Å². The molecule has 0 fully saturated rings. The Kier molecular flexibility index (Phi) is 6.01. The molecule has 0 aromatic carbocycles. The number of nitrogens with zero attached hydrogens (tertiary/aromatic N) is 4. The summed E-state index contributed by atoms with van der Waals surface area (Å²) in [6, 6.07) is 4.38. The van der Waals surface area contributed by atoms with Crippen LogP contribution in [0, 0.1) is 0 Å². The van der Waals surface area contributed by atoms with Crippen molar-refractivity contribution in [1.29, 1.82) is 0 Å². The number of hydrogen-bond donors (Lipinski definition) is 2. The molecule has 29 heavy (non-hydrogen) atoms. The van der Waals surface area contributed by atoms with Gasteiger partial charge in [0.05, 0.1) is 12.8 Å². The van der Waals surface area contributed by atoms with E-state index in [2.05, 4.69) is 10.1 Å². The fourth-order valence-electron chi connectivity index (χ4n) is 3.05. The van der Waals surface area contributed by atoms with Crippen LogP contribution < -0.4 is 21.9 Å². The number of nitrogens with one attached hydrogen (secondary N) is 1. The van der Waals surface area contributed by atoms with Gasteiger partial charge in [0, 0.05) is 18.9 Å². The standard InChI is InChI=1S/C19H24N6O4/c1-3-4-9-23-16(20)15(17(26)22-19(23)28)24(12-14-7-5-11-29-14)18(27)13(2)25-10-6-8-21-25/h5-8,10-11,13H,3-4,9,12,20H2,1-2H3,(H,22,26,28). The fourth-order valence-corrected chi connectivity index (χ4v) is 3.05. The summed E-state index contributed by atoms with van der Waals surface area (Å²) in [6.45, 7) is 3.97. The minimum Gasteiger partial charge on any atom is -0.467 e. The molecule has 1 atom stereocenters. The highest BCUT2D eigenvalue weighted by atomic mass is 16.3. The van der Waals surface area contributed by atoms with E-state index in [1.165, 1.54) is 20.4 Å². The first-order valence-electron chi connectivity index (χ1n) is 9.39. The van der Waals surface area contributed by atoms with E-state index in [-0.39, 0.29) is 18.1 Å². The number of carbonyl (C=O) groups is 1. The van der Waals surface area contributed by atoms with Crippen molar-refractivity contribution >= 4 is 17.4 Å². The average molecular weight is 400 g/mol. The van der Waals surface area contributed by atoms with Crippen molar-refractivity contribution in [3.8, 4) is 0 Å². The van der Waals surface area contributed by atoms with Crippen LogP contribution in [0.1, 0.15) is 38.5 Å². The number of nitrogens with two attached hydrogens (primary N) is 1. The van der Waals surface area contributed by atoms with Crippen molar-refractivity contribution in [2.75, 3.05) is 10.6 Å². The van der Waals surface area contributed by atoms with E-state index in [0.29, 0.717) is 18.7 Å². The lowest BCUT2D eigenvalue weighted by molar-refractivity contribution is -0.121. The molecule has 0 aliphatic rings. The van der Waals surface area contributed by atoms with E-state index >= 15 is 0 Å². The van der Waals surface area contributed by atoms with Gasteiger partial charge in [0.1, 0.15) is 17.6 Å². The molecule has 0 aliphatic heterocycles. The van der Waals surface area contributed by atoms with Crippen LogP contribution in [0.3, 0.4) is 0 Å². The molecular weight excluding hydrogens is 376 g/mol. The number of aromatic amines is 1. The van der Waals surface area contributed by atoms with Gasteiger partial charge in [0.25, 0.3) is 11.5 Å². The van der Waals surface area contributed by atoms with Crippen LogP contribution in [0.5, 0.6) is 0 Å². The van der Waals surface area contributed by atoms with Crippen LogP contribution in [0.2, 0.25) is 0 Å². The third-order valence-electron chi connectivity index (χ3n) is 4.66. The van der Waals surface area contributed by atoms with Gasteiger partial charge in [-0.1, -0.05) is 13.3 Å². The molecule has 3 N–H and O–H groups in total. The molecule has 0 spiro atoms. The van der Waals surface area contributed by atoms with Gasteiger partial charge in [-0.05, 0) is 31.5 Å². The number of unbranched alkanes of at least 4 members (excludes halogenated alkanes) is 1. The van der Waals surface area contributed by atoms with E-state index in [1.807, 2.05) is 6.92 Å². The Bertz CT molecular complexity index is 1070. The highest BCUT2D eigenvalue weighted by Crippen LogP contribution is 2.23. The molecule has 1 unspecified atom stereocenters. The number of amides is 1. The Labute approximate surface area is 166 Å². The lowest BCUT2D eigenvalue weighted by Gasteiger charge is -2.26. The highest BCUT2D eigenvalue weighted by molar-refractivity contribution is 5.97. The van der Waals surface area contributed by atoms with Crippen molar-refractivity contribution in [1.82, 2.24) is 19.3 Å². The van der Waals surface area contributed by atoms with Crippen molar-refractivity contribution in [2.45, 2.75) is 45.8 Å². The topological polar surface area (TPSA) is 132 Å². The SMILES string of the molecule is CCCCn1c(N)c(N(Cc2ccco2)C(=O)C(C)n2cccn2)c(=O)[nH]c1=O. The first-order valence-corrected chi connectivity index (χ1v) is 9.39. The Morgan fingerprint density at radius 1 is 1.38 bits per heavy atom. The molecule has 154 valence electrons. The van der Waals surface area contributed by atoms with Crippen LogP contribution >= 0.6 is 0 Å². The van der Waals surface area contributed by atoms with Crippen LogP contribution in [0.25, 0.3) is 0 Å². The zero-order valence-corrected chi connectivity index (χ0v) is 16.4. The van der Waals surface area contributed by atoms with Gasteiger partial charge in [-0.15, -0.1) is 0 Å². The lowest BCUT2D eigenvalue weighted by atomic mass is 10.2. The smallest absolute Gasteiger partial charge is 0.330 e. The molecule has 0 radical (unpaired) electrons. The minimum absolute atomic E-state index is 0.0172. The zero-order chi connectivity index (χ0) is 21.0. The van der Waals surface area contributed by atoms with Gasteiger partial charge in [-0.3, -0.25) is 28.7 Å². The maximum Gasteiger partial charge on any atom is 0.330 e. The molecule has 0 saturated heterocycles. The third-order valence-corrected chi connectivity index (χ3v) is 4.66. The maximum atomic E-state index is 13.3. The quantitative estimate of drug-likeness (QED) is 0.589. The molecule has 1 amide bonds. The maximum absolute atomic E-state index is 13.3. The number of anilines is 2. The normalized spacial score (nSPS) is 12.1. The van der Waals surface area contributed by atoms with Gasteiger partial charge >= 0.3 is 5.69 Å². The molecule has 10 heteroatoms. The van der Waals surface area contributed by atoms with E-state index in [1.54, 1.807) is 37.5 Å². The fraction of sp³-hybridized carbons (Fsp3) is 0.368. The zero-order valence-electron chi connectivity index (χ0n) is 16.4. The Balaban J connectivity index is 2.10. The van der Waals surface area contributed by atoms with Crippen molar-refractivity contribution in [3.05, 3.63) is 63.5 Å². The van der Waals surface area contributed by atoms with Gasteiger partial charge in [0.2, 0.25) is 0 Å². The Morgan fingerprint density at radius 2 is 2.17 bits per heavy atom. The molecular formula is C19H24N6O4. The summed E-state index contributed by atoms with van der Waals surface area (Å²) in [4.78, 5) is 41.7. The number of carbonyl (C=O) groups excluding carboxylic acids is 1. The van der Waals surface area contributed by atoms with Crippen LogP contribution in [0.15, 0.2) is 50.9 Å². The summed E-state index contributed by atoms with van der Waals surface area (Å²) >= 11 is 0. The minimum atomic E-state index is -0.729. The first kappa shape index (κ1) is 20.2. The Morgan fingerprint density at radius 3 is 2.79 bits per heavy atom. The second-order valence-corrected chi connectivity index (χ2v) is 6.66. The van der Waals surface area contributed by atoms with Crippen molar-refractivity contribution in [3.63, 3.8) is 0 Å². The van der Waals surface area contributed by atoms with Crippen LogP contribution in [-0.4, -0.2) is 25.2 Å². The molecule has 0 aliphatic carbocycles. The number of H-pyrrole nitrogens is 1. The van der Waals surface area contributed by atoms with E-state index in [0.717, 1.165) is 6.42 Å². The summed E-state index contributed by atoms with van der Waals surface area (Å²) in [6.07, 6.45) is 6.23. The number of rotatable bonds is 8. The lowest BCUT2D eigenvalue weighted by Crippen LogP contribution is -2.43.